The minimum absolute atomic E-state index is 0.00264. The van der Waals surface area contributed by atoms with Gasteiger partial charge in [-0.25, -0.2) is 4.79 Å². The SMILES string of the molecule is COC(=O)COCC1C2CC3CC(C2)CC1(O)C3. The molecular formula is C14H22O4. The monoisotopic (exact) mass is 254 g/mol. The number of aliphatic hydroxyl groups is 1. The summed E-state index contributed by atoms with van der Waals surface area (Å²) in [4.78, 5) is 11.0. The normalized spacial score (nSPS) is 45.2. The molecule has 4 saturated carbocycles. The third kappa shape index (κ3) is 2.05. The summed E-state index contributed by atoms with van der Waals surface area (Å²) in [5, 5.41) is 10.8. The van der Waals surface area contributed by atoms with E-state index in [9.17, 15) is 9.90 Å². The molecule has 4 aliphatic rings. The lowest BCUT2D eigenvalue weighted by Gasteiger charge is -2.58. The predicted molar refractivity (Wildman–Crippen MR) is 64.8 cm³/mol. The molecule has 4 fully saturated rings. The predicted octanol–water partition coefficient (Wildman–Crippen LogP) is 1.36. The van der Waals surface area contributed by atoms with Crippen molar-refractivity contribution in [2.24, 2.45) is 23.7 Å². The van der Waals surface area contributed by atoms with Gasteiger partial charge in [0, 0.05) is 5.92 Å². The lowest BCUT2D eigenvalue weighted by Crippen LogP contribution is -2.58. The maximum Gasteiger partial charge on any atom is 0.331 e. The zero-order chi connectivity index (χ0) is 12.8. The Morgan fingerprint density at radius 3 is 2.50 bits per heavy atom. The van der Waals surface area contributed by atoms with Gasteiger partial charge in [-0.1, -0.05) is 0 Å². The summed E-state index contributed by atoms with van der Waals surface area (Å²) in [6.45, 7) is 0.498. The van der Waals surface area contributed by atoms with Crippen molar-refractivity contribution < 1.29 is 19.4 Å². The van der Waals surface area contributed by atoms with Crippen molar-refractivity contribution >= 4 is 5.97 Å². The molecule has 102 valence electrons. The first-order valence-corrected chi connectivity index (χ1v) is 6.97. The van der Waals surface area contributed by atoms with Gasteiger partial charge in [-0.3, -0.25) is 0 Å². The number of carbonyl (C=O) groups is 1. The van der Waals surface area contributed by atoms with Crippen LogP contribution in [0.1, 0.15) is 32.1 Å². The van der Waals surface area contributed by atoms with Crippen LogP contribution >= 0.6 is 0 Å². The van der Waals surface area contributed by atoms with Crippen LogP contribution in [-0.4, -0.2) is 37.0 Å². The van der Waals surface area contributed by atoms with E-state index >= 15 is 0 Å². The second-order valence-corrected chi connectivity index (χ2v) is 6.41. The molecule has 18 heavy (non-hydrogen) atoms. The second kappa shape index (κ2) is 4.49. The first-order chi connectivity index (χ1) is 8.60. The molecular weight excluding hydrogens is 232 g/mol. The first-order valence-electron chi connectivity index (χ1n) is 6.97. The standard InChI is InChI=1S/C14H22O4/c1-17-13(15)8-18-7-12-11-3-9-2-10(4-11)6-14(12,16)5-9/h9-12,16H,2-8H2,1H3. The fourth-order valence-corrected chi connectivity index (χ4v) is 4.72. The van der Waals surface area contributed by atoms with Gasteiger partial charge in [-0.2, -0.15) is 0 Å². The van der Waals surface area contributed by atoms with Gasteiger partial charge in [0.15, 0.2) is 0 Å². The van der Waals surface area contributed by atoms with Crippen LogP contribution in [0.5, 0.6) is 0 Å². The second-order valence-electron chi connectivity index (χ2n) is 6.41. The summed E-state index contributed by atoms with van der Waals surface area (Å²) in [6, 6.07) is 0. The Morgan fingerprint density at radius 1 is 1.28 bits per heavy atom. The molecule has 0 heterocycles. The molecule has 0 spiro atoms. The Labute approximate surface area is 108 Å². The molecule has 4 aliphatic carbocycles. The van der Waals surface area contributed by atoms with Gasteiger partial charge in [-0.15, -0.1) is 0 Å². The summed E-state index contributed by atoms with van der Waals surface area (Å²) in [7, 11) is 1.36. The van der Waals surface area contributed by atoms with Crippen LogP contribution in [0.25, 0.3) is 0 Å². The summed E-state index contributed by atoms with van der Waals surface area (Å²) >= 11 is 0. The molecule has 0 aromatic rings. The molecule has 0 aliphatic heterocycles. The molecule has 4 rings (SSSR count). The van der Waals surface area contributed by atoms with E-state index in [-0.39, 0.29) is 18.5 Å². The lowest BCUT2D eigenvalue weighted by atomic mass is 9.50. The summed E-state index contributed by atoms with van der Waals surface area (Å²) < 4.78 is 10.00. The quantitative estimate of drug-likeness (QED) is 0.770. The van der Waals surface area contributed by atoms with Crippen molar-refractivity contribution in [3.05, 3.63) is 0 Å². The molecule has 0 amide bonds. The highest BCUT2D eigenvalue weighted by atomic mass is 16.6. The smallest absolute Gasteiger partial charge is 0.331 e. The van der Waals surface area contributed by atoms with E-state index in [1.807, 2.05) is 0 Å². The van der Waals surface area contributed by atoms with E-state index < -0.39 is 5.60 Å². The number of ether oxygens (including phenoxy) is 2. The first kappa shape index (κ1) is 12.4. The van der Waals surface area contributed by atoms with Crippen LogP contribution in [0.4, 0.5) is 0 Å². The molecule has 3 unspecified atom stereocenters. The number of esters is 1. The summed E-state index contributed by atoms with van der Waals surface area (Å²) in [6.07, 6.45) is 5.67. The summed E-state index contributed by atoms with van der Waals surface area (Å²) in [5.74, 6) is 1.92. The van der Waals surface area contributed by atoms with Crippen molar-refractivity contribution in [2.45, 2.75) is 37.7 Å². The fourth-order valence-electron chi connectivity index (χ4n) is 4.72. The highest BCUT2D eigenvalue weighted by molar-refractivity contribution is 5.70. The van der Waals surface area contributed by atoms with Crippen molar-refractivity contribution in [3.63, 3.8) is 0 Å². The zero-order valence-corrected chi connectivity index (χ0v) is 10.9. The maximum absolute atomic E-state index is 11.0. The van der Waals surface area contributed by atoms with E-state index in [1.54, 1.807) is 0 Å². The highest BCUT2D eigenvalue weighted by Gasteiger charge is 2.56. The van der Waals surface area contributed by atoms with E-state index in [4.69, 9.17) is 4.74 Å². The minimum atomic E-state index is -0.523. The van der Waals surface area contributed by atoms with Gasteiger partial charge in [0.1, 0.15) is 6.61 Å². The fraction of sp³-hybridized carbons (Fsp3) is 0.929. The van der Waals surface area contributed by atoms with Gasteiger partial charge in [0.25, 0.3) is 0 Å². The molecule has 0 aromatic carbocycles. The topological polar surface area (TPSA) is 55.8 Å². The van der Waals surface area contributed by atoms with Crippen molar-refractivity contribution in [1.82, 2.24) is 0 Å². The molecule has 4 heteroatoms. The van der Waals surface area contributed by atoms with E-state index in [0.29, 0.717) is 12.5 Å². The average Bonchev–Trinajstić information content (AvgIpc) is 2.30. The van der Waals surface area contributed by atoms with Crippen molar-refractivity contribution in [2.75, 3.05) is 20.3 Å². The third-order valence-corrected chi connectivity index (χ3v) is 5.23. The van der Waals surface area contributed by atoms with E-state index in [1.165, 1.54) is 26.4 Å². The van der Waals surface area contributed by atoms with Gasteiger partial charge < -0.3 is 14.6 Å². The molecule has 1 N–H and O–H groups in total. The molecule has 0 radical (unpaired) electrons. The summed E-state index contributed by atoms with van der Waals surface area (Å²) in [5.41, 5.74) is -0.523. The van der Waals surface area contributed by atoms with Crippen LogP contribution < -0.4 is 0 Å². The number of rotatable bonds is 4. The van der Waals surface area contributed by atoms with Gasteiger partial charge in [0.2, 0.25) is 0 Å². The van der Waals surface area contributed by atoms with Gasteiger partial charge in [0.05, 0.1) is 19.3 Å². The number of carbonyl (C=O) groups excluding carboxylic acids is 1. The molecule has 3 atom stereocenters. The molecule has 4 nitrogen and oxygen atoms in total. The Kier molecular flexibility index (Phi) is 3.10. The van der Waals surface area contributed by atoms with Crippen molar-refractivity contribution in [1.29, 1.82) is 0 Å². The maximum atomic E-state index is 11.0. The van der Waals surface area contributed by atoms with E-state index in [0.717, 1.165) is 24.7 Å². The zero-order valence-electron chi connectivity index (χ0n) is 10.9. The highest BCUT2D eigenvalue weighted by Crippen LogP contribution is 2.58. The Balaban J connectivity index is 1.60. The molecule has 0 saturated heterocycles. The lowest BCUT2D eigenvalue weighted by molar-refractivity contribution is -0.189. The van der Waals surface area contributed by atoms with Crippen LogP contribution in [0.2, 0.25) is 0 Å². The Hall–Kier alpha value is -0.610. The minimum Gasteiger partial charge on any atom is -0.467 e. The number of hydrogen-bond acceptors (Lipinski definition) is 4. The van der Waals surface area contributed by atoms with E-state index in [2.05, 4.69) is 4.74 Å². The number of hydrogen-bond donors (Lipinski definition) is 1. The Bertz CT molecular complexity index is 327. The van der Waals surface area contributed by atoms with Crippen LogP contribution in [0, 0.1) is 23.7 Å². The molecule has 4 bridgehead atoms. The van der Waals surface area contributed by atoms with Crippen LogP contribution in [0.3, 0.4) is 0 Å². The molecule has 0 aromatic heterocycles. The average molecular weight is 254 g/mol. The van der Waals surface area contributed by atoms with Crippen LogP contribution in [-0.2, 0) is 14.3 Å². The largest absolute Gasteiger partial charge is 0.467 e. The van der Waals surface area contributed by atoms with Crippen molar-refractivity contribution in [3.8, 4) is 0 Å². The van der Waals surface area contributed by atoms with Gasteiger partial charge in [-0.05, 0) is 49.9 Å². The Morgan fingerprint density at radius 2 is 1.94 bits per heavy atom. The van der Waals surface area contributed by atoms with Gasteiger partial charge >= 0.3 is 5.97 Å². The number of methoxy groups -OCH3 is 1. The van der Waals surface area contributed by atoms with Crippen LogP contribution in [0.15, 0.2) is 0 Å². The third-order valence-electron chi connectivity index (χ3n) is 5.23.